The largest absolute Gasteiger partial charge is 0.496 e. The Kier molecular flexibility index (Phi) is 4.62. The Morgan fingerprint density at radius 1 is 1.12 bits per heavy atom. The standard InChI is InChI=1S/C19H17FO4/c1-22-10-9-14-13-8-7-12(20)11-17(13)24-19(21)18(14)15-5-3-4-6-16(15)23-2/h3-8,11H,9-10H2,1-2H3. The Hall–Kier alpha value is -2.66. The van der Waals surface area contributed by atoms with Gasteiger partial charge in [0.2, 0.25) is 0 Å². The van der Waals surface area contributed by atoms with Crippen molar-refractivity contribution in [3.8, 4) is 16.9 Å². The smallest absolute Gasteiger partial charge is 0.344 e. The van der Waals surface area contributed by atoms with Gasteiger partial charge in [0.05, 0.1) is 19.3 Å². The van der Waals surface area contributed by atoms with Gasteiger partial charge in [-0.3, -0.25) is 0 Å². The summed E-state index contributed by atoms with van der Waals surface area (Å²) in [5, 5.41) is 0.689. The minimum absolute atomic E-state index is 0.227. The van der Waals surface area contributed by atoms with Crippen LogP contribution in [0.2, 0.25) is 0 Å². The first kappa shape index (κ1) is 16.2. The molecule has 2 aromatic carbocycles. The fraction of sp³-hybridized carbons (Fsp3) is 0.211. The molecule has 1 aromatic heterocycles. The molecule has 0 amide bonds. The lowest BCUT2D eigenvalue weighted by Crippen LogP contribution is -2.10. The lowest BCUT2D eigenvalue weighted by Gasteiger charge is -2.14. The van der Waals surface area contributed by atoms with Crippen LogP contribution in [0.4, 0.5) is 4.39 Å². The molecule has 0 radical (unpaired) electrons. The van der Waals surface area contributed by atoms with E-state index in [1.165, 1.54) is 12.1 Å². The summed E-state index contributed by atoms with van der Waals surface area (Å²) < 4.78 is 29.4. The fourth-order valence-corrected chi connectivity index (χ4v) is 2.83. The molecule has 0 aliphatic heterocycles. The highest BCUT2D eigenvalue weighted by Gasteiger charge is 2.19. The molecule has 0 saturated heterocycles. The third-order valence-electron chi connectivity index (χ3n) is 3.91. The van der Waals surface area contributed by atoms with Gasteiger partial charge in [-0.15, -0.1) is 0 Å². The van der Waals surface area contributed by atoms with Crippen LogP contribution < -0.4 is 10.4 Å². The molecule has 3 aromatic rings. The molecule has 3 rings (SSSR count). The van der Waals surface area contributed by atoms with Gasteiger partial charge in [-0.25, -0.2) is 9.18 Å². The van der Waals surface area contributed by atoms with Gasteiger partial charge in [0.25, 0.3) is 0 Å². The molecule has 0 N–H and O–H groups in total. The molecular formula is C19H17FO4. The number of hydrogen-bond donors (Lipinski definition) is 0. The molecule has 4 nitrogen and oxygen atoms in total. The van der Waals surface area contributed by atoms with Gasteiger partial charge in [0, 0.05) is 24.1 Å². The van der Waals surface area contributed by atoms with E-state index in [4.69, 9.17) is 13.9 Å². The number of rotatable bonds is 5. The second-order valence-electron chi connectivity index (χ2n) is 5.33. The van der Waals surface area contributed by atoms with Crippen LogP contribution >= 0.6 is 0 Å². The van der Waals surface area contributed by atoms with Gasteiger partial charge in [0.15, 0.2) is 0 Å². The summed E-state index contributed by atoms with van der Waals surface area (Å²) in [7, 11) is 3.14. The second kappa shape index (κ2) is 6.84. The van der Waals surface area contributed by atoms with E-state index in [1.54, 1.807) is 32.4 Å². The van der Waals surface area contributed by atoms with Crippen LogP contribution in [-0.4, -0.2) is 20.8 Å². The van der Waals surface area contributed by atoms with Gasteiger partial charge in [-0.05, 0) is 30.2 Å². The molecule has 0 fully saturated rings. The van der Waals surface area contributed by atoms with Crippen molar-refractivity contribution in [2.45, 2.75) is 6.42 Å². The van der Waals surface area contributed by atoms with Crippen LogP contribution in [0, 0.1) is 5.82 Å². The molecule has 0 unspecified atom stereocenters. The molecule has 1 heterocycles. The van der Waals surface area contributed by atoms with E-state index in [9.17, 15) is 9.18 Å². The Labute approximate surface area is 138 Å². The minimum Gasteiger partial charge on any atom is -0.496 e. The zero-order valence-corrected chi connectivity index (χ0v) is 13.5. The normalized spacial score (nSPS) is 11.0. The van der Waals surface area contributed by atoms with Crippen molar-refractivity contribution < 1.29 is 18.3 Å². The Balaban J connectivity index is 2.35. The first-order valence-corrected chi connectivity index (χ1v) is 7.53. The predicted molar refractivity (Wildman–Crippen MR) is 90.0 cm³/mol. The summed E-state index contributed by atoms with van der Waals surface area (Å²) in [6, 6.07) is 11.4. The quantitative estimate of drug-likeness (QED) is 0.669. The summed E-state index contributed by atoms with van der Waals surface area (Å²) in [6.45, 7) is 0.429. The number of hydrogen-bond acceptors (Lipinski definition) is 4. The first-order valence-electron chi connectivity index (χ1n) is 7.53. The number of halogens is 1. The summed E-state index contributed by atoms with van der Waals surface area (Å²) in [5.74, 6) is 0.123. The molecule has 0 atom stereocenters. The summed E-state index contributed by atoms with van der Waals surface area (Å²) in [4.78, 5) is 12.6. The first-order chi connectivity index (χ1) is 11.7. The van der Waals surface area contributed by atoms with Crippen molar-refractivity contribution in [3.63, 3.8) is 0 Å². The van der Waals surface area contributed by atoms with Crippen molar-refractivity contribution >= 4 is 11.0 Å². The van der Waals surface area contributed by atoms with Crippen LogP contribution in [0.3, 0.4) is 0 Å². The van der Waals surface area contributed by atoms with Gasteiger partial charge >= 0.3 is 5.63 Å². The topological polar surface area (TPSA) is 48.7 Å². The molecular weight excluding hydrogens is 311 g/mol. The lowest BCUT2D eigenvalue weighted by molar-refractivity contribution is 0.202. The average Bonchev–Trinajstić information content (AvgIpc) is 2.59. The molecule has 0 bridgehead atoms. The second-order valence-corrected chi connectivity index (χ2v) is 5.33. The number of benzene rings is 2. The van der Waals surface area contributed by atoms with Crippen molar-refractivity contribution in [3.05, 3.63) is 64.3 Å². The third-order valence-corrected chi connectivity index (χ3v) is 3.91. The third kappa shape index (κ3) is 2.90. The molecule has 0 saturated carbocycles. The van der Waals surface area contributed by atoms with E-state index < -0.39 is 11.4 Å². The van der Waals surface area contributed by atoms with Crippen molar-refractivity contribution in [2.24, 2.45) is 0 Å². The van der Waals surface area contributed by atoms with Gasteiger partial charge in [0.1, 0.15) is 17.1 Å². The van der Waals surface area contributed by atoms with Crippen LogP contribution in [0.25, 0.3) is 22.1 Å². The molecule has 24 heavy (non-hydrogen) atoms. The van der Waals surface area contributed by atoms with Gasteiger partial charge in [-0.1, -0.05) is 18.2 Å². The molecule has 0 aliphatic rings. The highest BCUT2D eigenvalue weighted by molar-refractivity contribution is 5.88. The molecule has 5 heteroatoms. The van der Waals surface area contributed by atoms with Crippen molar-refractivity contribution in [1.82, 2.24) is 0 Å². The zero-order valence-electron chi connectivity index (χ0n) is 13.5. The highest BCUT2D eigenvalue weighted by Crippen LogP contribution is 2.33. The minimum atomic E-state index is -0.524. The Bertz CT molecular complexity index is 930. The predicted octanol–water partition coefficient (Wildman–Crippen LogP) is 3.80. The van der Waals surface area contributed by atoms with E-state index in [-0.39, 0.29) is 5.58 Å². The maximum absolute atomic E-state index is 13.5. The monoisotopic (exact) mass is 328 g/mol. The van der Waals surface area contributed by atoms with Gasteiger partial charge < -0.3 is 13.9 Å². The van der Waals surface area contributed by atoms with Crippen LogP contribution in [0.5, 0.6) is 5.75 Å². The Morgan fingerprint density at radius 3 is 2.67 bits per heavy atom. The van der Waals surface area contributed by atoms with E-state index >= 15 is 0 Å². The molecule has 0 spiro atoms. The van der Waals surface area contributed by atoms with Crippen LogP contribution in [-0.2, 0) is 11.2 Å². The molecule has 0 aliphatic carbocycles. The maximum Gasteiger partial charge on any atom is 0.344 e. The lowest BCUT2D eigenvalue weighted by atomic mass is 9.96. The summed E-state index contributed by atoms with van der Waals surface area (Å²) in [5.41, 5.74) is 1.52. The fourth-order valence-electron chi connectivity index (χ4n) is 2.83. The van der Waals surface area contributed by atoms with Crippen LogP contribution in [0.1, 0.15) is 5.56 Å². The number of fused-ring (bicyclic) bond motifs is 1. The Morgan fingerprint density at radius 2 is 1.92 bits per heavy atom. The van der Waals surface area contributed by atoms with E-state index in [1.807, 2.05) is 12.1 Å². The summed E-state index contributed by atoms with van der Waals surface area (Å²) in [6.07, 6.45) is 0.498. The van der Waals surface area contributed by atoms with Crippen molar-refractivity contribution in [1.29, 1.82) is 0 Å². The highest BCUT2D eigenvalue weighted by atomic mass is 19.1. The maximum atomic E-state index is 13.5. The zero-order chi connectivity index (χ0) is 17.1. The number of para-hydroxylation sites is 1. The van der Waals surface area contributed by atoms with Crippen molar-refractivity contribution in [2.75, 3.05) is 20.8 Å². The summed E-state index contributed by atoms with van der Waals surface area (Å²) >= 11 is 0. The SMILES string of the molecule is COCCc1c(-c2ccccc2OC)c(=O)oc2cc(F)ccc12. The van der Waals surface area contributed by atoms with Crippen LogP contribution in [0.15, 0.2) is 51.7 Å². The van der Waals surface area contributed by atoms with E-state index in [0.717, 1.165) is 5.56 Å². The van der Waals surface area contributed by atoms with E-state index in [2.05, 4.69) is 0 Å². The van der Waals surface area contributed by atoms with Gasteiger partial charge in [-0.2, -0.15) is 0 Å². The van der Waals surface area contributed by atoms with E-state index in [0.29, 0.717) is 35.3 Å². The average molecular weight is 328 g/mol. The molecule has 124 valence electrons. The number of ether oxygens (including phenoxy) is 2. The number of methoxy groups -OCH3 is 2.